The SMILES string of the molecule is CCCCC(CC)CNS(=O)(=O)CC(=O)O. The Hall–Kier alpha value is -0.620. The maximum atomic E-state index is 11.2. The molecule has 0 aromatic heterocycles. The predicted octanol–water partition coefficient (Wildman–Crippen LogP) is 1.21. The lowest BCUT2D eigenvalue weighted by Gasteiger charge is -2.14. The molecule has 0 bridgehead atoms. The molecule has 0 aromatic rings. The topological polar surface area (TPSA) is 83.5 Å². The molecule has 96 valence electrons. The van der Waals surface area contributed by atoms with Gasteiger partial charge in [0.15, 0.2) is 5.75 Å². The van der Waals surface area contributed by atoms with Gasteiger partial charge in [0.05, 0.1) is 0 Å². The van der Waals surface area contributed by atoms with E-state index in [1.54, 1.807) is 0 Å². The molecule has 0 aliphatic heterocycles. The van der Waals surface area contributed by atoms with Crippen LogP contribution in [-0.2, 0) is 14.8 Å². The molecule has 1 unspecified atom stereocenters. The van der Waals surface area contributed by atoms with Crippen molar-refractivity contribution >= 4 is 16.0 Å². The highest BCUT2D eigenvalue weighted by Crippen LogP contribution is 2.11. The molecule has 6 heteroatoms. The summed E-state index contributed by atoms with van der Waals surface area (Å²) in [5.41, 5.74) is 0. The lowest BCUT2D eigenvalue weighted by Crippen LogP contribution is -2.33. The molecule has 0 heterocycles. The Morgan fingerprint density at radius 2 is 2.00 bits per heavy atom. The van der Waals surface area contributed by atoms with E-state index in [9.17, 15) is 13.2 Å². The smallest absolute Gasteiger partial charge is 0.320 e. The monoisotopic (exact) mass is 251 g/mol. The Morgan fingerprint density at radius 1 is 1.38 bits per heavy atom. The number of aliphatic carboxylic acids is 1. The summed E-state index contributed by atoms with van der Waals surface area (Å²) in [5.74, 6) is -1.88. The third-order valence-corrected chi connectivity index (χ3v) is 3.68. The van der Waals surface area contributed by atoms with E-state index in [1.807, 2.05) is 6.92 Å². The summed E-state index contributed by atoms with van der Waals surface area (Å²) in [6, 6.07) is 0. The average molecular weight is 251 g/mol. The lowest BCUT2D eigenvalue weighted by atomic mass is 10.00. The Kier molecular flexibility index (Phi) is 7.33. The van der Waals surface area contributed by atoms with Gasteiger partial charge in [0.1, 0.15) is 0 Å². The summed E-state index contributed by atoms with van der Waals surface area (Å²) in [6.45, 7) is 4.43. The average Bonchev–Trinajstić information content (AvgIpc) is 2.16. The Bertz CT molecular complexity index is 300. The zero-order chi connectivity index (χ0) is 12.6. The number of hydrogen-bond acceptors (Lipinski definition) is 3. The maximum Gasteiger partial charge on any atom is 0.320 e. The van der Waals surface area contributed by atoms with Crippen LogP contribution in [0.5, 0.6) is 0 Å². The largest absolute Gasteiger partial charge is 0.480 e. The molecule has 0 aliphatic carbocycles. The first-order valence-electron chi connectivity index (χ1n) is 5.60. The van der Waals surface area contributed by atoms with Gasteiger partial charge in [-0.05, 0) is 12.3 Å². The minimum atomic E-state index is -3.66. The number of carboxylic acids is 1. The van der Waals surface area contributed by atoms with Gasteiger partial charge in [-0.15, -0.1) is 0 Å². The van der Waals surface area contributed by atoms with Gasteiger partial charge in [-0.3, -0.25) is 4.79 Å². The van der Waals surface area contributed by atoms with Crippen LogP contribution in [0.2, 0.25) is 0 Å². The van der Waals surface area contributed by atoms with Crippen LogP contribution in [-0.4, -0.2) is 31.8 Å². The first kappa shape index (κ1) is 15.4. The predicted molar refractivity (Wildman–Crippen MR) is 62.7 cm³/mol. The number of sulfonamides is 1. The Labute approximate surface area is 97.3 Å². The highest BCUT2D eigenvalue weighted by atomic mass is 32.2. The Morgan fingerprint density at radius 3 is 2.44 bits per heavy atom. The zero-order valence-electron chi connectivity index (χ0n) is 9.90. The van der Waals surface area contributed by atoms with E-state index < -0.39 is 21.7 Å². The van der Waals surface area contributed by atoms with E-state index in [4.69, 9.17) is 5.11 Å². The molecule has 0 aliphatic rings. The van der Waals surface area contributed by atoms with E-state index in [0.717, 1.165) is 25.7 Å². The summed E-state index contributed by atoms with van der Waals surface area (Å²) < 4.78 is 24.8. The number of carboxylic acid groups (broad SMARTS) is 1. The molecule has 5 nitrogen and oxygen atoms in total. The molecule has 0 aromatic carbocycles. The summed E-state index contributed by atoms with van der Waals surface area (Å²) in [7, 11) is -3.66. The third-order valence-electron chi connectivity index (χ3n) is 2.45. The highest BCUT2D eigenvalue weighted by molar-refractivity contribution is 7.90. The van der Waals surface area contributed by atoms with Gasteiger partial charge < -0.3 is 5.11 Å². The van der Waals surface area contributed by atoms with Crippen LogP contribution < -0.4 is 4.72 Å². The fraction of sp³-hybridized carbons (Fsp3) is 0.900. The fourth-order valence-electron chi connectivity index (χ4n) is 1.40. The second-order valence-electron chi connectivity index (χ2n) is 3.92. The van der Waals surface area contributed by atoms with Crippen LogP contribution in [0.15, 0.2) is 0 Å². The fourth-order valence-corrected chi connectivity index (χ4v) is 2.32. The van der Waals surface area contributed by atoms with Crippen LogP contribution >= 0.6 is 0 Å². The van der Waals surface area contributed by atoms with E-state index in [-0.39, 0.29) is 0 Å². The molecule has 1 atom stereocenters. The number of unbranched alkanes of at least 4 members (excludes halogenated alkanes) is 1. The van der Waals surface area contributed by atoms with Crippen molar-refractivity contribution in [2.24, 2.45) is 5.92 Å². The van der Waals surface area contributed by atoms with Crippen molar-refractivity contribution in [3.05, 3.63) is 0 Å². The number of rotatable bonds is 9. The van der Waals surface area contributed by atoms with E-state index in [2.05, 4.69) is 11.6 Å². The van der Waals surface area contributed by atoms with E-state index in [1.165, 1.54) is 0 Å². The van der Waals surface area contributed by atoms with E-state index >= 15 is 0 Å². The van der Waals surface area contributed by atoms with Crippen molar-refractivity contribution in [2.45, 2.75) is 39.5 Å². The molecule has 0 radical (unpaired) electrons. The third kappa shape index (κ3) is 7.64. The molecular formula is C10H21NO4S. The zero-order valence-corrected chi connectivity index (χ0v) is 10.7. The normalized spacial score (nSPS) is 13.6. The van der Waals surface area contributed by atoms with Gasteiger partial charge in [0, 0.05) is 6.54 Å². The first-order valence-corrected chi connectivity index (χ1v) is 7.25. The minimum Gasteiger partial charge on any atom is -0.480 e. The van der Waals surface area contributed by atoms with Gasteiger partial charge in [0.25, 0.3) is 0 Å². The molecule has 2 N–H and O–H groups in total. The lowest BCUT2D eigenvalue weighted by molar-refractivity contribution is -0.134. The van der Waals surface area contributed by atoms with Crippen molar-refractivity contribution in [3.63, 3.8) is 0 Å². The molecule has 16 heavy (non-hydrogen) atoms. The summed E-state index contributed by atoms with van der Waals surface area (Å²) in [4.78, 5) is 10.3. The molecule has 0 rings (SSSR count). The van der Waals surface area contributed by atoms with Crippen molar-refractivity contribution in [3.8, 4) is 0 Å². The number of carbonyl (C=O) groups is 1. The Balaban J connectivity index is 4.04. The van der Waals surface area contributed by atoms with Crippen molar-refractivity contribution < 1.29 is 18.3 Å². The van der Waals surface area contributed by atoms with Crippen LogP contribution in [0.25, 0.3) is 0 Å². The molecule has 0 saturated heterocycles. The van der Waals surface area contributed by atoms with Gasteiger partial charge in [-0.2, -0.15) is 0 Å². The van der Waals surface area contributed by atoms with Crippen LogP contribution in [0.1, 0.15) is 39.5 Å². The number of nitrogens with one attached hydrogen (secondary N) is 1. The van der Waals surface area contributed by atoms with Crippen molar-refractivity contribution in [2.75, 3.05) is 12.3 Å². The van der Waals surface area contributed by atoms with Gasteiger partial charge >= 0.3 is 5.97 Å². The molecule has 0 spiro atoms. The van der Waals surface area contributed by atoms with Crippen LogP contribution in [0.3, 0.4) is 0 Å². The molecule has 0 fully saturated rings. The maximum absolute atomic E-state index is 11.2. The van der Waals surface area contributed by atoms with E-state index in [0.29, 0.717) is 12.5 Å². The first-order chi connectivity index (χ1) is 7.41. The van der Waals surface area contributed by atoms with Gasteiger partial charge in [0.2, 0.25) is 10.0 Å². The van der Waals surface area contributed by atoms with Crippen LogP contribution in [0, 0.1) is 5.92 Å². The van der Waals surface area contributed by atoms with Gasteiger partial charge in [-0.1, -0.05) is 33.1 Å². The second-order valence-corrected chi connectivity index (χ2v) is 5.72. The summed E-state index contributed by atoms with van der Waals surface area (Å²) in [5, 5.41) is 8.39. The minimum absolute atomic E-state index is 0.295. The van der Waals surface area contributed by atoms with Crippen molar-refractivity contribution in [1.82, 2.24) is 4.72 Å². The molecule has 0 amide bonds. The molecular weight excluding hydrogens is 230 g/mol. The quantitative estimate of drug-likeness (QED) is 0.645. The van der Waals surface area contributed by atoms with Gasteiger partial charge in [-0.25, -0.2) is 13.1 Å². The van der Waals surface area contributed by atoms with Crippen LogP contribution in [0.4, 0.5) is 0 Å². The molecule has 0 saturated carbocycles. The van der Waals surface area contributed by atoms with Crippen molar-refractivity contribution in [1.29, 1.82) is 0 Å². The highest BCUT2D eigenvalue weighted by Gasteiger charge is 2.16. The number of hydrogen-bond donors (Lipinski definition) is 2. The summed E-state index contributed by atoms with van der Waals surface area (Å²) in [6.07, 6.45) is 4.02. The standard InChI is InChI=1S/C10H21NO4S/c1-3-5-6-9(4-2)7-11-16(14,15)8-10(12)13/h9,11H,3-8H2,1-2H3,(H,12,13). The second kappa shape index (κ2) is 7.62. The summed E-state index contributed by atoms with van der Waals surface area (Å²) >= 11 is 0.